The maximum absolute atomic E-state index is 12.1. The minimum absolute atomic E-state index is 0.156. The number of carbonyl (C=O) groups is 1. The highest BCUT2D eigenvalue weighted by Crippen LogP contribution is 2.23. The van der Waals surface area contributed by atoms with Crippen LogP contribution in [0.25, 0.3) is 5.69 Å². The average molecular weight is 317 g/mol. The molecule has 2 heterocycles. The van der Waals surface area contributed by atoms with E-state index in [9.17, 15) is 4.79 Å². The second-order valence-electron chi connectivity index (χ2n) is 6.38. The Labute approximate surface area is 136 Å². The average Bonchev–Trinajstić information content (AvgIpc) is 2.91. The van der Waals surface area contributed by atoms with Crippen molar-refractivity contribution >= 4 is 5.97 Å². The number of pyridine rings is 1. The highest BCUT2D eigenvalue weighted by Gasteiger charge is 2.21. The van der Waals surface area contributed by atoms with Crippen LogP contribution in [-0.2, 0) is 4.74 Å². The van der Waals surface area contributed by atoms with Gasteiger partial charge < -0.3 is 9.47 Å². The molecule has 2 aromatic rings. The fourth-order valence-corrected chi connectivity index (χ4v) is 1.89. The lowest BCUT2D eigenvalue weighted by Gasteiger charge is -2.17. The highest BCUT2D eigenvalue weighted by atomic mass is 16.5. The third-order valence-electron chi connectivity index (χ3n) is 3.17. The molecule has 0 spiro atoms. The fraction of sp³-hybridized carbons (Fsp3) is 0.471. The zero-order valence-corrected chi connectivity index (χ0v) is 14.1. The molecule has 2 rings (SSSR count). The summed E-state index contributed by atoms with van der Waals surface area (Å²) in [4.78, 5) is 16.1. The number of esters is 1. The first-order chi connectivity index (χ1) is 10.9. The lowest BCUT2D eigenvalue weighted by atomic mass is 9.93. The molecule has 0 aliphatic heterocycles. The van der Waals surface area contributed by atoms with Crippen LogP contribution in [0.2, 0.25) is 0 Å². The van der Waals surface area contributed by atoms with Crippen LogP contribution in [0.3, 0.4) is 0 Å². The summed E-state index contributed by atoms with van der Waals surface area (Å²) in [6.07, 6.45) is 5.90. The number of aromatic nitrogens is 3. The summed E-state index contributed by atoms with van der Waals surface area (Å²) in [5.41, 5.74) is 1.09. The molecule has 0 aromatic carbocycles. The van der Waals surface area contributed by atoms with E-state index in [1.54, 1.807) is 36.3 Å². The van der Waals surface area contributed by atoms with E-state index in [0.29, 0.717) is 19.0 Å². The zero-order chi connectivity index (χ0) is 16.9. The van der Waals surface area contributed by atoms with E-state index in [1.165, 1.54) is 0 Å². The molecule has 6 nitrogen and oxygen atoms in total. The van der Waals surface area contributed by atoms with Gasteiger partial charge in [0.05, 0.1) is 31.3 Å². The van der Waals surface area contributed by atoms with E-state index >= 15 is 0 Å². The van der Waals surface area contributed by atoms with Crippen LogP contribution in [0.4, 0.5) is 0 Å². The Balaban J connectivity index is 2.23. The van der Waals surface area contributed by atoms with Gasteiger partial charge in [-0.15, -0.1) is 0 Å². The molecule has 0 radical (unpaired) electrons. The van der Waals surface area contributed by atoms with Crippen molar-refractivity contribution in [1.29, 1.82) is 0 Å². The molecule has 0 saturated heterocycles. The van der Waals surface area contributed by atoms with Gasteiger partial charge in [0.25, 0.3) is 0 Å². The molecule has 0 saturated carbocycles. The van der Waals surface area contributed by atoms with Crippen molar-refractivity contribution in [2.24, 2.45) is 5.41 Å². The molecule has 0 atom stereocenters. The van der Waals surface area contributed by atoms with Gasteiger partial charge in [-0.25, -0.2) is 9.48 Å². The van der Waals surface area contributed by atoms with Gasteiger partial charge in [0.1, 0.15) is 0 Å². The Hall–Kier alpha value is -2.37. The molecule has 0 aliphatic rings. The van der Waals surface area contributed by atoms with Crippen molar-refractivity contribution in [3.8, 4) is 11.4 Å². The maximum atomic E-state index is 12.1. The third kappa shape index (κ3) is 4.81. The number of ether oxygens (including phenoxy) is 2. The topological polar surface area (TPSA) is 66.2 Å². The molecule has 23 heavy (non-hydrogen) atoms. The Kier molecular flexibility index (Phi) is 5.36. The van der Waals surface area contributed by atoms with Crippen molar-refractivity contribution in [3.63, 3.8) is 0 Å². The minimum Gasteiger partial charge on any atom is -0.489 e. The van der Waals surface area contributed by atoms with Crippen LogP contribution in [-0.4, -0.2) is 33.9 Å². The van der Waals surface area contributed by atoms with Crippen LogP contribution in [0.1, 0.15) is 44.6 Å². The second-order valence-corrected chi connectivity index (χ2v) is 6.38. The van der Waals surface area contributed by atoms with Gasteiger partial charge in [-0.3, -0.25) is 4.98 Å². The van der Waals surface area contributed by atoms with Crippen LogP contribution >= 0.6 is 0 Å². The van der Waals surface area contributed by atoms with E-state index in [1.807, 2.05) is 6.07 Å². The lowest BCUT2D eigenvalue weighted by molar-refractivity contribution is 0.0514. The Morgan fingerprint density at radius 2 is 2.13 bits per heavy atom. The van der Waals surface area contributed by atoms with Gasteiger partial charge in [0.2, 0.25) is 5.69 Å². The van der Waals surface area contributed by atoms with Gasteiger partial charge in [-0.05, 0) is 30.9 Å². The Morgan fingerprint density at radius 1 is 1.35 bits per heavy atom. The van der Waals surface area contributed by atoms with E-state index in [2.05, 4.69) is 30.9 Å². The molecule has 0 aliphatic carbocycles. The van der Waals surface area contributed by atoms with E-state index in [-0.39, 0.29) is 11.1 Å². The molecule has 0 unspecified atom stereocenters. The van der Waals surface area contributed by atoms with Crippen LogP contribution in [0.15, 0.2) is 30.7 Å². The summed E-state index contributed by atoms with van der Waals surface area (Å²) >= 11 is 0. The lowest BCUT2D eigenvalue weighted by Crippen LogP contribution is -2.13. The molecule has 2 aromatic heterocycles. The van der Waals surface area contributed by atoms with Gasteiger partial charge >= 0.3 is 5.97 Å². The molecule has 0 fully saturated rings. The molecular weight excluding hydrogens is 294 g/mol. The summed E-state index contributed by atoms with van der Waals surface area (Å²) in [6, 6.07) is 3.66. The van der Waals surface area contributed by atoms with E-state index < -0.39 is 5.97 Å². The summed E-state index contributed by atoms with van der Waals surface area (Å²) in [5, 5.41) is 4.29. The molecule has 0 bridgehead atoms. The van der Waals surface area contributed by atoms with Gasteiger partial charge in [-0.1, -0.05) is 20.8 Å². The van der Waals surface area contributed by atoms with Gasteiger partial charge in [-0.2, -0.15) is 5.10 Å². The summed E-state index contributed by atoms with van der Waals surface area (Å²) in [7, 11) is 0. The van der Waals surface area contributed by atoms with Gasteiger partial charge in [0.15, 0.2) is 5.75 Å². The molecule has 6 heteroatoms. The first-order valence-corrected chi connectivity index (χ1v) is 7.70. The fourth-order valence-electron chi connectivity index (χ4n) is 1.89. The first kappa shape index (κ1) is 17.0. The number of hydrogen-bond acceptors (Lipinski definition) is 5. The third-order valence-corrected chi connectivity index (χ3v) is 3.17. The normalized spacial score (nSPS) is 11.3. The smallest absolute Gasteiger partial charge is 0.362 e. The predicted octanol–water partition coefficient (Wildman–Crippen LogP) is 3.26. The highest BCUT2D eigenvalue weighted by molar-refractivity contribution is 5.90. The molecule has 0 amide bonds. The predicted molar refractivity (Wildman–Crippen MR) is 86.9 cm³/mol. The minimum atomic E-state index is -0.485. The number of nitrogens with zero attached hydrogens (tertiary/aromatic N) is 3. The van der Waals surface area contributed by atoms with Crippen LogP contribution in [0.5, 0.6) is 5.75 Å². The van der Waals surface area contributed by atoms with Crippen molar-refractivity contribution < 1.29 is 14.3 Å². The van der Waals surface area contributed by atoms with Gasteiger partial charge in [0, 0.05) is 6.20 Å². The summed E-state index contributed by atoms with van der Waals surface area (Å²) < 4.78 is 12.4. The number of rotatable bonds is 6. The number of carbonyl (C=O) groups excluding carboxylic acids is 1. The monoisotopic (exact) mass is 317 g/mol. The molecule has 124 valence electrons. The first-order valence-electron chi connectivity index (χ1n) is 7.70. The van der Waals surface area contributed by atoms with Crippen LogP contribution in [0, 0.1) is 5.41 Å². The summed E-state index contributed by atoms with van der Waals surface area (Å²) in [6.45, 7) is 8.98. The van der Waals surface area contributed by atoms with Crippen molar-refractivity contribution in [1.82, 2.24) is 14.8 Å². The zero-order valence-electron chi connectivity index (χ0n) is 14.1. The van der Waals surface area contributed by atoms with E-state index in [0.717, 1.165) is 12.1 Å². The largest absolute Gasteiger partial charge is 0.489 e. The second kappa shape index (κ2) is 7.26. The Morgan fingerprint density at radius 3 is 2.74 bits per heavy atom. The van der Waals surface area contributed by atoms with Crippen molar-refractivity contribution in [2.75, 3.05) is 13.2 Å². The molecular formula is C17H23N3O3. The molecule has 0 N–H and O–H groups in total. The summed E-state index contributed by atoms with van der Waals surface area (Å²) in [5.74, 6) is -0.0579. The van der Waals surface area contributed by atoms with Crippen molar-refractivity contribution in [2.45, 2.75) is 34.1 Å². The SMILES string of the molecule is CCOC(=O)c1nn(-c2cccnc2)cc1OCCC(C)(C)C. The number of hydrogen-bond donors (Lipinski definition) is 0. The standard InChI is InChI=1S/C17H23N3O3/c1-5-22-16(21)15-14(23-10-8-17(2,3)4)12-20(19-15)13-7-6-9-18-11-13/h6-7,9,11-12H,5,8,10H2,1-4H3. The maximum Gasteiger partial charge on any atom is 0.362 e. The quantitative estimate of drug-likeness (QED) is 0.765. The van der Waals surface area contributed by atoms with E-state index in [4.69, 9.17) is 9.47 Å². The Bertz CT molecular complexity index is 645. The van der Waals surface area contributed by atoms with Crippen LogP contribution < -0.4 is 4.74 Å². The van der Waals surface area contributed by atoms with Crippen molar-refractivity contribution in [3.05, 3.63) is 36.4 Å².